The lowest BCUT2D eigenvalue weighted by Gasteiger charge is -2.51. The summed E-state index contributed by atoms with van der Waals surface area (Å²) in [6.45, 7) is -3.04. The Morgan fingerprint density at radius 2 is 0.734 bits per heavy atom. The highest BCUT2D eigenvalue weighted by Crippen LogP contribution is 2.38. The Kier molecular flexibility index (Phi) is 21.3. The average Bonchev–Trinajstić information content (AvgIpc) is 3.46. The third-order valence-corrected chi connectivity index (χ3v) is 16.0. The lowest BCUT2D eigenvalue weighted by molar-refractivity contribution is -0.403. The van der Waals surface area contributed by atoms with Gasteiger partial charge >= 0.3 is 0 Å². The number of rotatable bonds is 8. The molecule has 0 amide bonds. The summed E-state index contributed by atoms with van der Waals surface area (Å²) in [4.78, 5) is 1.98. The van der Waals surface area contributed by atoms with E-state index in [4.69, 9.17) is 56.8 Å². The predicted octanol–water partition coefficient (Wildman–Crippen LogP) is -9.72. The number of benzene rings is 1. The van der Waals surface area contributed by atoms with Crippen molar-refractivity contribution in [3.63, 3.8) is 0 Å². The quantitative estimate of drug-likeness (QED) is 0.115. The zero-order valence-corrected chi connectivity index (χ0v) is 42.9. The Balaban J connectivity index is 1.11. The van der Waals surface area contributed by atoms with E-state index in [1.807, 2.05) is 35.2 Å². The second-order valence-electron chi connectivity index (χ2n) is 21.3. The molecule has 1 aromatic rings. The average molecular weight is 1140 g/mol. The minimum absolute atomic E-state index is 0.101. The number of hydrogen-bond donors (Lipinski definition) is 17. The van der Waals surface area contributed by atoms with E-state index >= 15 is 0 Å². The molecule has 30 atom stereocenters. The topological polar surface area (TPSA) is 450 Å². The van der Waals surface area contributed by atoms with E-state index in [1.54, 1.807) is 0 Å². The second kappa shape index (κ2) is 27.4. The summed E-state index contributed by atoms with van der Waals surface area (Å²) in [6.07, 6.45) is -53.6. The summed E-state index contributed by atoms with van der Waals surface area (Å²) in [5.74, 6) is 0. The van der Waals surface area contributed by atoms with Gasteiger partial charge in [0, 0.05) is 13.1 Å². The van der Waals surface area contributed by atoms with Crippen LogP contribution in [0.25, 0.3) is 0 Å². The molecule has 13 fully saturated rings. The van der Waals surface area contributed by atoms with Gasteiger partial charge in [-0.25, -0.2) is 0 Å². The van der Waals surface area contributed by atoms with Crippen LogP contribution in [0.1, 0.15) is 24.8 Å². The van der Waals surface area contributed by atoms with Crippen LogP contribution in [0.15, 0.2) is 30.3 Å². The molecule has 0 aliphatic carbocycles. The Morgan fingerprint density at radius 3 is 1.13 bits per heavy atom. The zero-order valence-electron chi connectivity index (χ0n) is 42.9. The van der Waals surface area contributed by atoms with Gasteiger partial charge in [0.05, 0.1) is 26.4 Å². The molecule has 0 aromatic heterocycles. The van der Waals surface area contributed by atoms with E-state index < -0.39 is 211 Å². The molecule has 79 heavy (non-hydrogen) atoms. The highest BCUT2D eigenvalue weighted by Gasteiger charge is 2.59. The lowest BCUT2D eigenvalue weighted by atomic mass is 9.94. The van der Waals surface area contributed by atoms with Crippen LogP contribution in [-0.4, -0.2) is 330 Å². The molecule has 17 unspecified atom stereocenters. The van der Waals surface area contributed by atoms with Crippen molar-refractivity contribution in [1.29, 1.82) is 0 Å². The molecule has 13 aliphatic heterocycles. The van der Waals surface area contributed by atoms with Crippen LogP contribution in [0.5, 0.6) is 0 Å². The fourth-order valence-corrected chi connectivity index (χ4v) is 11.5. The number of aliphatic hydroxyl groups is 16. The SMILES string of the molecule is OCC1O[C@@H]2O[C@@H]3C4CN(CCCc5ccccc5)CCCCNCC5O[C@H](O[C@@H]6C(CO)O[C@H](O[C@H]1C(O)C2O)C(O)C6O)C(O)C(O)[C@@H]5O[C@H]1O[C@H](CO)[C@@H](O[C@H]2OC(CO)[C@@H](O[C@@H](O4)C(O)C3O)C(O)C2O)C(O)C1O. The first-order chi connectivity index (χ1) is 38.0. The molecule has 0 spiro atoms. The minimum atomic E-state index is -2.10. The largest absolute Gasteiger partial charge is 0.394 e. The summed E-state index contributed by atoms with van der Waals surface area (Å²) in [5, 5.41) is 185. The van der Waals surface area contributed by atoms with E-state index in [0.29, 0.717) is 38.8 Å². The molecular weight excluding hydrogens is 1060 g/mol. The molecule has 452 valence electrons. The van der Waals surface area contributed by atoms with Gasteiger partial charge in [-0.15, -0.1) is 0 Å². The van der Waals surface area contributed by atoms with E-state index in [2.05, 4.69) is 5.32 Å². The Bertz CT molecular complexity index is 2000. The van der Waals surface area contributed by atoms with Gasteiger partial charge in [-0.2, -0.15) is 0 Å². The first-order valence-electron chi connectivity index (χ1n) is 26.9. The standard InChI is InChI=1S/C49H78N2O28/c52-15-22-40-30(60)36(66)48(72-22)79-43-25(18-55)71-47(35(65)29(43)59)75-39-21-14-51(12-6-9-19-7-2-1-3-8-19)11-5-4-10-50-13-20-38(26(56)32(62)44(68-20)76-40)74-46-34(64)28(58)42(24(17-54)70-46)78-49-37(67)31(61)41(23(16-53)73-49)77-45(69-21)33(63)27(39)57/h1-3,7-8,20-50,52-67H,4-6,9-18H2/t20?,21?,22?,23?,24-,25?,26?,27?,28?,29?,30?,31?,32?,33?,34?,35?,36?,37?,38-,39-,40-,41-,42-,43-,44-,45-,46-,47-,48-,49-/m1/s1. The third-order valence-electron chi connectivity index (χ3n) is 16.0. The highest BCUT2D eigenvalue weighted by molar-refractivity contribution is 5.14. The van der Waals surface area contributed by atoms with Crippen LogP contribution < -0.4 is 5.32 Å². The Labute approximate surface area is 452 Å². The van der Waals surface area contributed by atoms with Crippen molar-refractivity contribution in [1.82, 2.24) is 10.2 Å². The number of ether oxygens (including phenoxy) is 12. The number of hydrogen-bond acceptors (Lipinski definition) is 30. The van der Waals surface area contributed by atoms with Gasteiger partial charge in [0.1, 0.15) is 146 Å². The van der Waals surface area contributed by atoms with Crippen molar-refractivity contribution in [2.24, 2.45) is 0 Å². The summed E-state index contributed by atoms with van der Waals surface area (Å²) in [7, 11) is 0. The second-order valence-corrected chi connectivity index (χ2v) is 21.3. The molecule has 14 rings (SSSR count). The molecule has 0 radical (unpaired) electrons. The van der Waals surface area contributed by atoms with Gasteiger partial charge in [0.15, 0.2) is 37.7 Å². The maximum Gasteiger partial charge on any atom is 0.187 e. The van der Waals surface area contributed by atoms with Crippen LogP contribution in [0.4, 0.5) is 0 Å². The monoisotopic (exact) mass is 1140 g/mol. The first-order valence-corrected chi connectivity index (χ1v) is 26.9. The molecule has 1 aromatic carbocycles. The number of nitrogens with one attached hydrogen (secondary N) is 1. The molecule has 13 aliphatic rings. The normalized spacial score (nSPS) is 49.9. The molecule has 0 saturated carbocycles. The maximum absolute atomic E-state index is 12.1. The maximum atomic E-state index is 12.1. The summed E-state index contributed by atoms with van der Waals surface area (Å²) < 4.78 is 72.3. The number of nitrogens with zero attached hydrogens (tertiary/aromatic N) is 1. The summed E-state index contributed by atoms with van der Waals surface area (Å²) in [6, 6.07) is 9.65. The van der Waals surface area contributed by atoms with E-state index in [-0.39, 0.29) is 19.6 Å². The molecular formula is C49H78N2O28. The number of fused-ring (bicyclic) bond motifs is 2. The van der Waals surface area contributed by atoms with E-state index in [0.717, 1.165) is 5.56 Å². The zero-order chi connectivity index (χ0) is 56.4. The number of aliphatic hydroxyl groups excluding tert-OH is 16. The van der Waals surface area contributed by atoms with Crippen LogP contribution in [-0.2, 0) is 63.3 Å². The van der Waals surface area contributed by atoms with Crippen LogP contribution >= 0.6 is 0 Å². The fourth-order valence-electron chi connectivity index (χ4n) is 11.5. The van der Waals surface area contributed by atoms with Gasteiger partial charge in [-0.3, -0.25) is 0 Å². The van der Waals surface area contributed by atoms with Gasteiger partial charge in [0.25, 0.3) is 0 Å². The van der Waals surface area contributed by atoms with Crippen molar-refractivity contribution >= 4 is 0 Å². The third kappa shape index (κ3) is 13.3. The van der Waals surface area contributed by atoms with Crippen molar-refractivity contribution in [3.05, 3.63) is 35.9 Å². The Hall–Kier alpha value is -1.98. The van der Waals surface area contributed by atoms with Crippen molar-refractivity contribution in [2.45, 2.75) is 210 Å². The van der Waals surface area contributed by atoms with Crippen molar-refractivity contribution in [3.8, 4) is 0 Å². The number of aryl methyl sites for hydroxylation is 1. The molecule has 13 heterocycles. The van der Waals surface area contributed by atoms with Gasteiger partial charge in [0.2, 0.25) is 0 Å². The van der Waals surface area contributed by atoms with Gasteiger partial charge < -0.3 is 149 Å². The molecule has 13 saturated heterocycles. The van der Waals surface area contributed by atoms with E-state index in [1.165, 1.54) is 0 Å². The van der Waals surface area contributed by atoms with Crippen molar-refractivity contribution in [2.75, 3.05) is 59.2 Å². The van der Waals surface area contributed by atoms with Crippen LogP contribution in [0.3, 0.4) is 0 Å². The highest BCUT2D eigenvalue weighted by atomic mass is 16.8. The fraction of sp³-hybridized carbons (Fsp3) is 0.878. The smallest absolute Gasteiger partial charge is 0.187 e. The molecule has 17 N–H and O–H groups in total. The van der Waals surface area contributed by atoms with Crippen LogP contribution in [0.2, 0.25) is 0 Å². The van der Waals surface area contributed by atoms with E-state index in [9.17, 15) is 81.7 Å². The Morgan fingerprint density at radius 1 is 0.392 bits per heavy atom. The first kappa shape index (κ1) is 61.6. The van der Waals surface area contributed by atoms with Gasteiger partial charge in [-0.05, 0) is 50.9 Å². The molecule has 12 bridgehead atoms. The summed E-state index contributed by atoms with van der Waals surface area (Å²) >= 11 is 0. The molecule has 30 heteroatoms. The lowest BCUT2D eigenvalue weighted by Crippen LogP contribution is -2.69. The minimum Gasteiger partial charge on any atom is -0.394 e. The molecule has 30 nitrogen and oxygen atoms in total. The summed E-state index contributed by atoms with van der Waals surface area (Å²) in [5.41, 5.74) is 1.05. The predicted molar refractivity (Wildman–Crippen MR) is 255 cm³/mol. The van der Waals surface area contributed by atoms with Crippen molar-refractivity contribution < 1.29 is 139 Å². The van der Waals surface area contributed by atoms with Crippen LogP contribution in [0, 0.1) is 0 Å². The van der Waals surface area contributed by atoms with Gasteiger partial charge in [-0.1, -0.05) is 30.3 Å².